The molecule has 2 heterocycles. The molecule has 2 aromatic heterocycles. The first-order chi connectivity index (χ1) is 11.6. The number of hydrogen-bond donors (Lipinski definition) is 1. The van der Waals surface area contributed by atoms with Crippen LogP contribution in [0.15, 0.2) is 42.7 Å². The number of rotatable bonds is 4. The van der Waals surface area contributed by atoms with Crippen LogP contribution in [-0.4, -0.2) is 40.1 Å². The molecule has 7 nitrogen and oxygen atoms in total. The summed E-state index contributed by atoms with van der Waals surface area (Å²) < 4.78 is 6.11. The average molecular weight is 324 g/mol. The Bertz CT molecular complexity index is 900. The summed E-state index contributed by atoms with van der Waals surface area (Å²) in [6, 6.07) is 9.83. The molecule has 1 amide bonds. The number of carbonyl (C=O) groups excluding carboxylic acids is 2. The Hall–Kier alpha value is -3.22. The Labute approximate surface area is 138 Å². The third-order valence-corrected chi connectivity index (χ3v) is 3.61. The second-order valence-electron chi connectivity index (χ2n) is 5.25. The summed E-state index contributed by atoms with van der Waals surface area (Å²) in [6.45, 7) is 1.81. The average Bonchev–Trinajstić information content (AvgIpc) is 3.04. The minimum absolute atomic E-state index is 0.204. The number of nitrogens with zero attached hydrogens (tertiary/aromatic N) is 3. The molecule has 0 fully saturated rings. The Morgan fingerprint density at radius 2 is 1.96 bits per heavy atom. The standard InChI is InChI=1S/C17H16N4O3/c1-11-3-5-12(6-4-11)14-7-8-18-16-13(9-20-21(14)16)17(23)19-10-15(22)24-2/h3-9H,10H2,1-2H3,(H,19,23). The molecule has 0 saturated heterocycles. The van der Waals surface area contributed by atoms with E-state index in [9.17, 15) is 9.59 Å². The van der Waals surface area contributed by atoms with Gasteiger partial charge in [0.15, 0.2) is 5.65 Å². The SMILES string of the molecule is COC(=O)CNC(=O)c1cnn2c(-c3ccc(C)cc3)ccnc12. The summed E-state index contributed by atoms with van der Waals surface area (Å²) in [4.78, 5) is 27.6. The molecule has 24 heavy (non-hydrogen) atoms. The van der Waals surface area contributed by atoms with Gasteiger partial charge in [0, 0.05) is 11.8 Å². The van der Waals surface area contributed by atoms with Gasteiger partial charge in [-0.2, -0.15) is 5.10 Å². The number of fused-ring (bicyclic) bond motifs is 1. The normalized spacial score (nSPS) is 10.6. The van der Waals surface area contributed by atoms with Gasteiger partial charge >= 0.3 is 5.97 Å². The number of benzene rings is 1. The lowest BCUT2D eigenvalue weighted by atomic mass is 10.1. The molecular formula is C17H16N4O3. The van der Waals surface area contributed by atoms with E-state index in [1.165, 1.54) is 13.3 Å². The van der Waals surface area contributed by atoms with Crippen LogP contribution in [0.2, 0.25) is 0 Å². The molecule has 122 valence electrons. The van der Waals surface area contributed by atoms with Crippen LogP contribution in [0.1, 0.15) is 15.9 Å². The van der Waals surface area contributed by atoms with Gasteiger partial charge in [0.25, 0.3) is 5.91 Å². The van der Waals surface area contributed by atoms with Crippen LogP contribution in [0.5, 0.6) is 0 Å². The molecular weight excluding hydrogens is 308 g/mol. The van der Waals surface area contributed by atoms with Crippen molar-refractivity contribution in [1.82, 2.24) is 19.9 Å². The van der Waals surface area contributed by atoms with Crippen LogP contribution in [0.4, 0.5) is 0 Å². The van der Waals surface area contributed by atoms with E-state index in [0.29, 0.717) is 11.2 Å². The highest BCUT2D eigenvalue weighted by Gasteiger charge is 2.16. The molecule has 0 aliphatic rings. The summed E-state index contributed by atoms with van der Waals surface area (Å²) in [5.74, 6) is -0.947. The quantitative estimate of drug-likeness (QED) is 0.737. The molecule has 0 aliphatic carbocycles. The lowest BCUT2D eigenvalue weighted by Crippen LogP contribution is -2.30. The van der Waals surface area contributed by atoms with Crippen LogP contribution >= 0.6 is 0 Å². The predicted octanol–water partition coefficient (Wildman–Crippen LogP) is 1.61. The number of aromatic nitrogens is 3. The lowest BCUT2D eigenvalue weighted by molar-refractivity contribution is -0.139. The van der Waals surface area contributed by atoms with Crippen LogP contribution in [0.3, 0.4) is 0 Å². The summed E-state index contributed by atoms with van der Waals surface area (Å²) in [5, 5.41) is 6.75. The summed E-state index contributed by atoms with van der Waals surface area (Å²) in [7, 11) is 1.26. The predicted molar refractivity (Wildman–Crippen MR) is 87.5 cm³/mol. The minimum Gasteiger partial charge on any atom is -0.468 e. The molecule has 1 N–H and O–H groups in total. The zero-order valence-electron chi connectivity index (χ0n) is 13.3. The van der Waals surface area contributed by atoms with Crippen molar-refractivity contribution < 1.29 is 14.3 Å². The van der Waals surface area contributed by atoms with Crippen LogP contribution < -0.4 is 5.32 Å². The maximum atomic E-state index is 12.2. The molecule has 3 aromatic rings. The second-order valence-corrected chi connectivity index (χ2v) is 5.25. The van der Waals surface area contributed by atoms with Crippen molar-refractivity contribution in [1.29, 1.82) is 0 Å². The Morgan fingerprint density at radius 3 is 2.67 bits per heavy atom. The van der Waals surface area contributed by atoms with Gasteiger partial charge in [-0.15, -0.1) is 0 Å². The highest BCUT2D eigenvalue weighted by Crippen LogP contribution is 2.21. The van der Waals surface area contributed by atoms with Gasteiger partial charge in [-0.3, -0.25) is 9.59 Å². The van der Waals surface area contributed by atoms with Crippen molar-refractivity contribution in [3.05, 3.63) is 53.9 Å². The monoisotopic (exact) mass is 324 g/mol. The van der Waals surface area contributed by atoms with Crippen LogP contribution in [-0.2, 0) is 9.53 Å². The highest BCUT2D eigenvalue weighted by molar-refractivity contribution is 6.01. The van der Waals surface area contributed by atoms with Gasteiger partial charge < -0.3 is 10.1 Å². The van der Waals surface area contributed by atoms with Crippen LogP contribution in [0.25, 0.3) is 16.9 Å². The summed E-state index contributed by atoms with van der Waals surface area (Å²) >= 11 is 0. The van der Waals surface area contributed by atoms with E-state index >= 15 is 0 Å². The fourth-order valence-electron chi connectivity index (χ4n) is 2.31. The maximum absolute atomic E-state index is 12.2. The van der Waals surface area contributed by atoms with E-state index in [4.69, 9.17) is 0 Å². The lowest BCUT2D eigenvalue weighted by Gasteiger charge is -2.06. The van der Waals surface area contributed by atoms with Gasteiger partial charge in [-0.1, -0.05) is 29.8 Å². The van der Waals surface area contributed by atoms with Crippen molar-refractivity contribution in [3.8, 4) is 11.3 Å². The largest absolute Gasteiger partial charge is 0.468 e. The van der Waals surface area contributed by atoms with Crippen LogP contribution in [0, 0.1) is 6.92 Å². The van der Waals surface area contributed by atoms with Gasteiger partial charge in [-0.05, 0) is 13.0 Å². The Morgan fingerprint density at radius 1 is 1.21 bits per heavy atom. The van der Waals surface area contributed by atoms with E-state index in [-0.39, 0.29) is 6.54 Å². The van der Waals surface area contributed by atoms with Gasteiger partial charge in [-0.25, -0.2) is 9.50 Å². The fourth-order valence-corrected chi connectivity index (χ4v) is 2.31. The molecule has 0 bridgehead atoms. The van der Waals surface area contributed by atoms with E-state index in [0.717, 1.165) is 16.8 Å². The fraction of sp³-hybridized carbons (Fsp3) is 0.176. The number of carbonyl (C=O) groups is 2. The number of nitrogens with one attached hydrogen (secondary N) is 1. The highest BCUT2D eigenvalue weighted by atomic mass is 16.5. The number of methoxy groups -OCH3 is 1. The molecule has 7 heteroatoms. The Balaban J connectivity index is 1.96. The topological polar surface area (TPSA) is 85.6 Å². The summed E-state index contributed by atoms with van der Waals surface area (Å²) in [5.41, 5.74) is 3.68. The molecule has 1 aromatic carbocycles. The molecule has 0 aliphatic heterocycles. The first-order valence-corrected chi connectivity index (χ1v) is 7.35. The zero-order valence-corrected chi connectivity index (χ0v) is 13.3. The van der Waals surface area contributed by atoms with E-state index in [1.807, 2.05) is 37.3 Å². The molecule has 0 atom stereocenters. The Kier molecular flexibility index (Phi) is 4.24. The molecule has 0 radical (unpaired) electrons. The molecule has 0 saturated carbocycles. The van der Waals surface area contributed by atoms with Gasteiger partial charge in [0.05, 0.1) is 19.0 Å². The van der Waals surface area contributed by atoms with Crippen molar-refractivity contribution in [2.75, 3.05) is 13.7 Å². The second kappa shape index (κ2) is 6.49. The third-order valence-electron chi connectivity index (χ3n) is 3.61. The van der Waals surface area contributed by atoms with E-state index in [2.05, 4.69) is 20.1 Å². The zero-order chi connectivity index (χ0) is 17.1. The van der Waals surface area contributed by atoms with E-state index < -0.39 is 11.9 Å². The van der Waals surface area contributed by atoms with Crippen molar-refractivity contribution in [2.24, 2.45) is 0 Å². The first kappa shape index (κ1) is 15.7. The number of aryl methyl sites for hydroxylation is 1. The molecule has 3 rings (SSSR count). The number of amides is 1. The number of esters is 1. The summed E-state index contributed by atoms with van der Waals surface area (Å²) in [6.07, 6.45) is 3.07. The molecule has 0 spiro atoms. The molecule has 0 unspecified atom stereocenters. The van der Waals surface area contributed by atoms with Crippen molar-refractivity contribution in [3.63, 3.8) is 0 Å². The van der Waals surface area contributed by atoms with Crippen molar-refractivity contribution in [2.45, 2.75) is 6.92 Å². The maximum Gasteiger partial charge on any atom is 0.325 e. The van der Waals surface area contributed by atoms with Crippen molar-refractivity contribution >= 4 is 17.5 Å². The minimum atomic E-state index is -0.520. The number of ether oxygens (including phenoxy) is 1. The first-order valence-electron chi connectivity index (χ1n) is 7.35. The van der Waals surface area contributed by atoms with Gasteiger partial charge in [0.2, 0.25) is 0 Å². The van der Waals surface area contributed by atoms with E-state index in [1.54, 1.807) is 10.7 Å². The third kappa shape index (κ3) is 2.96. The smallest absolute Gasteiger partial charge is 0.325 e. The van der Waals surface area contributed by atoms with Gasteiger partial charge in [0.1, 0.15) is 12.1 Å². The number of hydrogen-bond acceptors (Lipinski definition) is 5.